The first-order valence-electron chi connectivity index (χ1n) is 9.55. The Bertz CT molecular complexity index is 734. The molecule has 0 bridgehead atoms. The number of thiol groups is 1. The summed E-state index contributed by atoms with van der Waals surface area (Å²) in [6.07, 6.45) is -0.00340. The standard InChI is InChI=1S/C17H28N6O7S/c18-8(6-13(20)25)16(28)23-5-1-2-11(23)15(27)22-10(7-31)14(26)21-9(17(29)30)3-4-12(19)24/h8-11,31H,1-7,18H2,(H2,19,24)(H2,20,25)(H,21,26)(H,22,27)(H,29,30). The molecule has 9 N–H and O–H groups in total. The van der Waals surface area contributed by atoms with Crippen LogP contribution >= 0.6 is 12.6 Å². The van der Waals surface area contributed by atoms with Crippen molar-refractivity contribution in [1.29, 1.82) is 0 Å². The lowest BCUT2D eigenvalue weighted by atomic mass is 10.1. The lowest BCUT2D eigenvalue weighted by Crippen LogP contribution is -2.57. The Morgan fingerprint density at radius 1 is 1.06 bits per heavy atom. The van der Waals surface area contributed by atoms with Gasteiger partial charge in [-0.05, 0) is 19.3 Å². The monoisotopic (exact) mass is 460 g/mol. The first-order valence-corrected chi connectivity index (χ1v) is 10.2. The lowest BCUT2D eigenvalue weighted by Gasteiger charge is -2.28. The average Bonchev–Trinajstić information content (AvgIpc) is 3.17. The summed E-state index contributed by atoms with van der Waals surface area (Å²) in [4.78, 5) is 71.9. The highest BCUT2D eigenvalue weighted by atomic mass is 32.1. The van der Waals surface area contributed by atoms with E-state index < -0.39 is 59.7 Å². The molecule has 0 spiro atoms. The van der Waals surface area contributed by atoms with Gasteiger partial charge in [-0.15, -0.1) is 0 Å². The first kappa shape index (κ1) is 26.2. The summed E-state index contributed by atoms with van der Waals surface area (Å²) < 4.78 is 0. The van der Waals surface area contributed by atoms with Gasteiger partial charge in [-0.3, -0.25) is 24.0 Å². The molecule has 0 aromatic rings. The molecule has 31 heavy (non-hydrogen) atoms. The van der Waals surface area contributed by atoms with Crippen LogP contribution in [0.1, 0.15) is 32.1 Å². The maximum atomic E-state index is 12.7. The second-order valence-corrected chi connectivity index (χ2v) is 7.48. The first-order chi connectivity index (χ1) is 14.5. The molecule has 13 nitrogen and oxygen atoms in total. The van der Waals surface area contributed by atoms with Crippen molar-refractivity contribution in [3.05, 3.63) is 0 Å². The molecular formula is C17H28N6O7S. The molecule has 1 saturated heterocycles. The maximum absolute atomic E-state index is 12.7. The van der Waals surface area contributed by atoms with Crippen molar-refractivity contribution in [2.24, 2.45) is 17.2 Å². The Morgan fingerprint density at radius 3 is 2.23 bits per heavy atom. The molecular weight excluding hydrogens is 432 g/mol. The van der Waals surface area contributed by atoms with Gasteiger partial charge >= 0.3 is 5.97 Å². The zero-order valence-electron chi connectivity index (χ0n) is 16.8. The number of carbonyl (C=O) groups is 6. The predicted octanol–water partition coefficient (Wildman–Crippen LogP) is -3.57. The van der Waals surface area contributed by atoms with Gasteiger partial charge in [0.1, 0.15) is 18.1 Å². The number of nitrogens with one attached hydrogen (secondary N) is 2. The van der Waals surface area contributed by atoms with Crippen LogP contribution in [0.2, 0.25) is 0 Å². The Labute approximate surface area is 183 Å². The fraction of sp³-hybridized carbons (Fsp3) is 0.647. The number of primary amides is 2. The van der Waals surface area contributed by atoms with Gasteiger partial charge in [0.25, 0.3) is 0 Å². The van der Waals surface area contributed by atoms with Crippen LogP contribution in [0.15, 0.2) is 0 Å². The van der Waals surface area contributed by atoms with Gasteiger partial charge < -0.3 is 37.8 Å². The quantitative estimate of drug-likeness (QED) is 0.144. The molecule has 0 radical (unpaired) electrons. The topological polar surface area (TPSA) is 228 Å². The third kappa shape index (κ3) is 8.05. The number of aliphatic carboxylic acids is 1. The molecule has 4 unspecified atom stereocenters. The van der Waals surface area contributed by atoms with Crippen molar-refractivity contribution in [2.75, 3.05) is 12.3 Å². The van der Waals surface area contributed by atoms with E-state index in [1.54, 1.807) is 0 Å². The van der Waals surface area contributed by atoms with Crippen molar-refractivity contribution in [1.82, 2.24) is 15.5 Å². The van der Waals surface area contributed by atoms with E-state index in [2.05, 4.69) is 23.3 Å². The Kier molecular flexibility index (Phi) is 10.2. The van der Waals surface area contributed by atoms with E-state index in [-0.39, 0.29) is 31.6 Å². The van der Waals surface area contributed by atoms with Gasteiger partial charge in [0, 0.05) is 18.7 Å². The van der Waals surface area contributed by atoms with E-state index in [1.165, 1.54) is 4.90 Å². The van der Waals surface area contributed by atoms with E-state index in [0.29, 0.717) is 12.8 Å². The second-order valence-electron chi connectivity index (χ2n) is 7.11. The average molecular weight is 461 g/mol. The summed E-state index contributed by atoms with van der Waals surface area (Å²) in [5, 5.41) is 13.9. The van der Waals surface area contributed by atoms with Crippen LogP contribution in [-0.2, 0) is 28.8 Å². The molecule has 174 valence electrons. The minimum Gasteiger partial charge on any atom is -0.480 e. The van der Waals surface area contributed by atoms with Gasteiger partial charge in [-0.25, -0.2) is 4.79 Å². The molecule has 1 aliphatic rings. The summed E-state index contributed by atoms with van der Waals surface area (Å²) in [6, 6.07) is -4.66. The minimum absolute atomic E-state index is 0.151. The number of nitrogens with two attached hydrogens (primary N) is 3. The fourth-order valence-electron chi connectivity index (χ4n) is 3.10. The summed E-state index contributed by atoms with van der Waals surface area (Å²) in [5.41, 5.74) is 15.7. The van der Waals surface area contributed by atoms with Crippen molar-refractivity contribution in [3.8, 4) is 0 Å². The molecule has 1 heterocycles. The Balaban J connectivity index is 2.78. The number of carboxylic acids is 1. The SMILES string of the molecule is NC(=O)CCC(NC(=O)C(CS)NC(=O)C1CCCN1C(=O)C(N)CC(N)=O)C(=O)O. The molecule has 0 aromatic carbocycles. The summed E-state index contributed by atoms with van der Waals surface area (Å²) >= 11 is 4.02. The Hall–Kier alpha value is -2.87. The molecule has 1 rings (SSSR count). The molecule has 5 amide bonds. The number of nitrogens with zero attached hydrogens (tertiary/aromatic N) is 1. The van der Waals surface area contributed by atoms with E-state index in [0.717, 1.165) is 0 Å². The van der Waals surface area contributed by atoms with Gasteiger partial charge in [0.15, 0.2) is 0 Å². The normalized spacial score (nSPS) is 18.5. The summed E-state index contributed by atoms with van der Waals surface area (Å²) in [7, 11) is 0. The number of carboxylic acid groups (broad SMARTS) is 1. The molecule has 14 heteroatoms. The van der Waals surface area contributed by atoms with Crippen molar-refractivity contribution >= 4 is 48.1 Å². The van der Waals surface area contributed by atoms with Gasteiger partial charge in [0.05, 0.1) is 12.5 Å². The zero-order chi connectivity index (χ0) is 23.7. The Morgan fingerprint density at radius 2 is 1.71 bits per heavy atom. The fourth-order valence-corrected chi connectivity index (χ4v) is 3.36. The van der Waals surface area contributed by atoms with E-state index in [1.807, 2.05) is 0 Å². The zero-order valence-corrected chi connectivity index (χ0v) is 17.7. The van der Waals surface area contributed by atoms with Crippen LogP contribution in [0.3, 0.4) is 0 Å². The van der Waals surface area contributed by atoms with Gasteiger partial charge in [-0.1, -0.05) is 0 Å². The summed E-state index contributed by atoms with van der Waals surface area (Å²) in [6.45, 7) is 0.245. The highest BCUT2D eigenvalue weighted by Gasteiger charge is 2.38. The van der Waals surface area contributed by atoms with Gasteiger partial charge in [-0.2, -0.15) is 12.6 Å². The van der Waals surface area contributed by atoms with Crippen molar-refractivity contribution in [2.45, 2.75) is 56.3 Å². The third-order valence-electron chi connectivity index (χ3n) is 4.69. The molecule has 1 fully saturated rings. The maximum Gasteiger partial charge on any atom is 0.326 e. The highest BCUT2D eigenvalue weighted by Crippen LogP contribution is 2.19. The predicted molar refractivity (Wildman–Crippen MR) is 110 cm³/mol. The number of carbonyl (C=O) groups excluding carboxylic acids is 5. The van der Waals surface area contributed by atoms with E-state index in [4.69, 9.17) is 17.2 Å². The number of amides is 5. The van der Waals surface area contributed by atoms with E-state index >= 15 is 0 Å². The molecule has 0 aromatic heterocycles. The minimum atomic E-state index is -1.38. The number of rotatable bonds is 12. The summed E-state index contributed by atoms with van der Waals surface area (Å²) in [5.74, 6) is -5.06. The van der Waals surface area contributed by atoms with Crippen LogP contribution in [0.4, 0.5) is 0 Å². The number of hydrogen-bond donors (Lipinski definition) is 7. The smallest absolute Gasteiger partial charge is 0.326 e. The second kappa shape index (κ2) is 12.1. The molecule has 1 aliphatic heterocycles. The lowest BCUT2D eigenvalue weighted by molar-refractivity contribution is -0.143. The number of likely N-dealkylation sites (tertiary alicyclic amines) is 1. The highest BCUT2D eigenvalue weighted by molar-refractivity contribution is 7.80. The molecule has 0 aliphatic carbocycles. The van der Waals surface area contributed by atoms with Crippen LogP contribution in [0.25, 0.3) is 0 Å². The third-order valence-corrected chi connectivity index (χ3v) is 5.05. The largest absolute Gasteiger partial charge is 0.480 e. The van der Waals surface area contributed by atoms with Crippen LogP contribution < -0.4 is 27.8 Å². The van der Waals surface area contributed by atoms with Crippen LogP contribution in [0.5, 0.6) is 0 Å². The van der Waals surface area contributed by atoms with Gasteiger partial charge in [0.2, 0.25) is 29.5 Å². The van der Waals surface area contributed by atoms with E-state index in [9.17, 15) is 33.9 Å². The number of hydrogen-bond acceptors (Lipinski definition) is 8. The molecule has 0 saturated carbocycles. The van der Waals surface area contributed by atoms with Crippen molar-refractivity contribution < 1.29 is 33.9 Å². The van der Waals surface area contributed by atoms with Crippen molar-refractivity contribution in [3.63, 3.8) is 0 Å². The van der Waals surface area contributed by atoms with Crippen LogP contribution in [-0.4, -0.2) is 82.0 Å². The van der Waals surface area contributed by atoms with Crippen LogP contribution in [0, 0.1) is 0 Å². The molecule has 4 atom stereocenters.